The molecule has 3 aromatic rings. The van der Waals surface area contributed by atoms with Crippen molar-refractivity contribution in [1.29, 1.82) is 0 Å². The van der Waals surface area contributed by atoms with E-state index in [1.54, 1.807) is 6.26 Å². The fraction of sp³-hybridized carbons (Fsp3) is 0.500. The molecule has 7 nitrogen and oxygen atoms in total. The van der Waals surface area contributed by atoms with Crippen LogP contribution in [0.1, 0.15) is 43.5 Å². The first kappa shape index (κ1) is 18.4. The number of aromatic nitrogens is 3. The summed E-state index contributed by atoms with van der Waals surface area (Å²) >= 11 is 0. The van der Waals surface area contributed by atoms with Gasteiger partial charge in [-0.2, -0.15) is 5.10 Å². The van der Waals surface area contributed by atoms with Crippen LogP contribution in [0.5, 0.6) is 0 Å². The van der Waals surface area contributed by atoms with Crippen molar-refractivity contribution in [3.8, 4) is 0 Å². The van der Waals surface area contributed by atoms with Gasteiger partial charge >= 0.3 is 0 Å². The van der Waals surface area contributed by atoms with Gasteiger partial charge in [-0.15, -0.1) is 0 Å². The third-order valence-corrected chi connectivity index (χ3v) is 6.28. The molecule has 1 amide bonds. The molecule has 0 bridgehead atoms. The lowest BCUT2D eigenvalue weighted by molar-refractivity contribution is -0.137. The summed E-state index contributed by atoms with van der Waals surface area (Å²) in [5.74, 6) is 1.87. The van der Waals surface area contributed by atoms with E-state index in [-0.39, 0.29) is 5.91 Å². The van der Waals surface area contributed by atoms with E-state index in [0.717, 1.165) is 60.8 Å². The number of carbonyl (C=O) groups is 1. The van der Waals surface area contributed by atoms with Gasteiger partial charge < -0.3 is 9.32 Å². The van der Waals surface area contributed by atoms with E-state index >= 15 is 0 Å². The van der Waals surface area contributed by atoms with Gasteiger partial charge in [0.15, 0.2) is 5.89 Å². The fourth-order valence-corrected chi connectivity index (χ4v) is 4.67. The van der Waals surface area contributed by atoms with E-state index in [9.17, 15) is 4.79 Å². The Hall–Kier alpha value is -2.67. The van der Waals surface area contributed by atoms with Gasteiger partial charge in [0.25, 0.3) is 0 Å². The molecule has 2 aliphatic heterocycles. The SMILES string of the molecule is CC(C)c1nc(CN2C[C@@H]3CN(C(=O)Cc4[nH]nc5ccccc45)CC[C@@H]32)co1. The highest BCUT2D eigenvalue weighted by atomic mass is 16.3. The van der Waals surface area contributed by atoms with Gasteiger partial charge in [-0.3, -0.25) is 14.8 Å². The molecule has 2 aromatic heterocycles. The Kier molecular flexibility index (Phi) is 4.62. The first-order chi connectivity index (χ1) is 14.1. The number of benzene rings is 1. The first-order valence-electron chi connectivity index (χ1n) is 10.5. The number of fused-ring (bicyclic) bond motifs is 2. The topological polar surface area (TPSA) is 78.3 Å². The molecule has 0 saturated carbocycles. The smallest absolute Gasteiger partial charge is 0.228 e. The lowest BCUT2D eigenvalue weighted by atomic mass is 9.82. The number of para-hydroxylation sites is 1. The summed E-state index contributed by atoms with van der Waals surface area (Å²) < 4.78 is 5.56. The zero-order chi connectivity index (χ0) is 20.0. The van der Waals surface area contributed by atoms with Crippen LogP contribution < -0.4 is 0 Å². The molecular weight excluding hydrogens is 366 g/mol. The molecule has 29 heavy (non-hydrogen) atoms. The molecule has 7 heteroatoms. The summed E-state index contributed by atoms with van der Waals surface area (Å²) in [5, 5.41) is 8.38. The summed E-state index contributed by atoms with van der Waals surface area (Å²) in [7, 11) is 0. The molecule has 5 rings (SSSR count). The number of hydrogen-bond acceptors (Lipinski definition) is 5. The quantitative estimate of drug-likeness (QED) is 0.721. The molecular formula is C22H27N5O2. The third kappa shape index (κ3) is 3.44. The number of nitrogens with one attached hydrogen (secondary N) is 1. The number of aromatic amines is 1. The van der Waals surface area contributed by atoms with Gasteiger partial charge in [-0.25, -0.2) is 4.98 Å². The van der Waals surface area contributed by atoms with Crippen LogP contribution in [-0.2, 0) is 17.8 Å². The predicted octanol–water partition coefficient (Wildman–Crippen LogP) is 2.95. The molecule has 2 fully saturated rings. The van der Waals surface area contributed by atoms with Crippen LogP contribution >= 0.6 is 0 Å². The van der Waals surface area contributed by atoms with Crippen LogP contribution in [0.15, 0.2) is 34.9 Å². The van der Waals surface area contributed by atoms with Crippen molar-refractivity contribution < 1.29 is 9.21 Å². The number of piperidine rings is 1. The lowest BCUT2D eigenvalue weighted by Crippen LogP contribution is -2.63. The first-order valence-corrected chi connectivity index (χ1v) is 10.5. The highest BCUT2D eigenvalue weighted by molar-refractivity contribution is 5.87. The van der Waals surface area contributed by atoms with Crippen LogP contribution in [0.4, 0.5) is 0 Å². The molecule has 2 aliphatic rings. The highest BCUT2D eigenvalue weighted by Gasteiger charge is 2.43. The van der Waals surface area contributed by atoms with Crippen LogP contribution in [-0.4, -0.2) is 56.6 Å². The Morgan fingerprint density at radius 3 is 2.97 bits per heavy atom. The highest BCUT2D eigenvalue weighted by Crippen LogP contribution is 2.34. The lowest BCUT2D eigenvalue weighted by Gasteiger charge is -2.53. The average molecular weight is 393 g/mol. The van der Waals surface area contributed by atoms with E-state index in [4.69, 9.17) is 4.42 Å². The summed E-state index contributed by atoms with van der Waals surface area (Å²) in [4.78, 5) is 22.0. The zero-order valence-corrected chi connectivity index (χ0v) is 17.0. The second kappa shape index (κ2) is 7.30. The minimum absolute atomic E-state index is 0.189. The second-order valence-electron chi connectivity index (χ2n) is 8.61. The molecule has 4 heterocycles. The molecule has 0 spiro atoms. The Morgan fingerprint density at radius 1 is 1.31 bits per heavy atom. The van der Waals surface area contributed by atoms with Crippen LogP contribution in [0.3, 0.4) is 0 Å². The normalized spacial score (nSPS) is 22.1. The molecule has 1 aromatic carbocycles. The van der Waals surface area contributed by atoms with Gasteiger partial charge in [-0.1, -0.05) is 32.0 Å². The Balaban J connectivity index is 1.17. The minimum atomic E-state index is 0.189. The van der Waals surface area contributed by atoms with Gasteiger partial charge in [-0.05, 0) is 12.5 Å². The number of hydrogen-bond donors (Lipinski definition) is 1. The standard InChI is InChI=1S/C22H27N5O2/c1-14(2)22-23-16(13-29-22)12-27-11-15-10-26(8-7-20(15)27)21(28)9-19-17-5-3-4-6-18(17)24-25-19/h3-6,13-15,20H,7-12H2,1-2H3,(H,24,25)/t15-,20-/m0/s1. The summed E-state index contributed by atoms with van der Waals surface area (Å²) in [6, 6.07) is 8.48. The van der Waals surface area contributed by atoms with Crippen LogP contribution in [0, 0.1) is 5.92 Å². The number of nitrogens with zero attached hydrogens (tertiary/aromatic N) is 4. The van der Waals surface area contributed by atoms with Gasteiger partial charge in [0.2, 0.25) is 5.91 Å². The van der Waals surface area contributed by atoms with Gasteiger partial charge in [0.05, 0.1) is 23.3 Å². The monoisotopic (exact) mass is 393 g/mol. The maximum Gasteiger partial charge on any atom is 0.228 e. The number of amides is 1. The van der Waals surface area contributed by atoms with Crippen LogP contribution in [0.2, 0.25) is 0 Å². The molecule has 152 valence electrons. The Morgan fingerprint density at radius 2 is 2.17 bits per heavy atom. The molecule has 0 radical (unpaired) electrons. The van der Waals surface area contributed by atoms with Crippen molar-refractivity contribution in [2.45, 2.75) is 45.2 Å². The van der Waals surface area contributed by atoms with Crippen molar-refractivity contribution in [3.63, 3.8) is 0 Å². The molecule has 2 atom stereocenters. The van der Waals surface area contributed by atoms with Crippen LogP contribution in [0.25, 0.3) is 10.9 Å². The molecule has 0 aliphatic carbocycles. The van der Waals surface area contributed by atoms with Crippen molar-refractivity contribution in [2.24, 2.45) is 5.92 Å². The van der Waals surface area contributed by atoms with Crippen molar-refractivity contribution >= 4 is 16.8 Å². The number of H-pyrrole nitrogens is 1. The average Bonchev–Trinajstić information content (AvgIpc) is 3.33. The summed E-state index contributed by atoms with van der Waals surface area (Å²) in [5.41, 5.74) is 2.84. The van der Waals surface area contributed by atoms with E-state index in [1.165, 1.54) is 0 Å². The predicted molar refractivity (Wildman–Crippen MR) is 109 cm³/mol. The maximum atomic E-state index is 12.9. The third-order valence-electron chi connectivity index (χ3n) is 6.28. The largest absolute Gasteiger partial charge is 0.448 e. The Labute approximate surface area is 170 Å². The van der Waals surface area contributed by atoms with E-state index in [1.807, 2.05) is 29.2 Å². The zero-order valence-electron chi connectivity index (χ0n) is 17.0. The number of carbonyl (C=O) groups excluding carboxylic acids is 1. The van der Waals surface area contributed by atoms with E-state index in [0.29, 0.717) is 24.3 Å². The summed E-state index contributed by atoms with van der Waals surface area (Å²) in [6.45, 7) is 7.71. The van der Waals surface area contributed by atoms with Crippen molar-refractivity contribution in [2.75, 3.05) is 19.6 Å². The molecule has 0 unspecified atom stereocenters. The van der Waals surface area contributed by atoms with Crippen molar-refractivity contribution in [1.82, 2.24) is 25.0 Å². The number of rotatable bonds is 5. The van der Waals surface area contributed by atoms with E-state index < -0.39 is 0 Å². The summed E-state index contributed by atoms with van der Waals surface area (Å²) in [6.07, 6.45) is 3.20. The van der Waals surface area contributed by atoms with Gasteiger partial charge in [0.1, 0.15) is 6.26 Å². The fourth-order valence-electron chi connectivity index (χ4n) is 4.67. The second-order valence-corrected chi connectivity index (χ2v) is 8.61. The minimum Gasteiger partial charge on any atom is -0.448 e. The molecule has 2 saturated heterocycles. The van der Waals surface area contributed by atoms with Gasteiger partial charge in [0, 0.05) is 49.4 Å². The molecule has 1 N–H and O–H groups in total. The Bertz CT molecular complexity index is 1020. The number of oxazole rings is 1. The van der Waals surface area contributed by atoms with Crippen molar-refractivity contribution in [3.05, 3.63) is 47.8 Å². The maximum absolute atomic E-state index is 12.9. The number of likely N-dealkylation sites (tertiary alicyclic amines) is 2. The van der Waals surface area contributed by atoms with E-state index in [2.05, 4.69) is 33.9 Å².